The van der Waals surface area contributed by atoms with Crippen molar-refractivity contribution < 1.29 is 27.4 Å². The maximum Gasteiger partial charge on any atom is 0.295 e. The quantitative estimate of drug-likeness (QED) is 0.0813. The number of hydrazone groups is 1. The van der Waals surface area contributed by atoms with Crippen molar-refractivity contribution in [3.63, 3.8) is 0 Å². The van der Waals surface area contributed by atoms with Gasteiger partial charge >= 0.3 is 0 Å². The van der Waals surface area contributed by atoms with Crippen molar-refractivity contribution in [3.05, 3.63) is 83.8 Å². The molecule has 216 valence electrons. The third-order valence-electron chi connectivity index (χ3n) is 5.80. The van der Waals surface area contributed by atoms with Gasteiger partial charge in [-0.2, -0.15) is 13.5 Å². The topological polar surface area (TPSA) is 192 Å². The number of likely N-dealkylation sites (N-methyl/N-ethyl adjacent to an activating group) is 1. The van der Waals surface area contributed by atoms with E-state index >= 15 is 0 Å². The maximum atomic E-state index is 12.7. The summed E-state index contributed by atoms with van der Waals surface area (Å²) in [6.07, 6.45) is 7.62. The van der Waals surface area contributed by atoms with Gasteiger partial charge in [-0.15, -0.1) is 0 Å². The molecule has 0 aliphatic rings. The SMILES string of the molecule is CNC(=O)C(CCCCNC(=O)Cc1cccnc1)NC(=O)c1ccc(NN=Cc2ccccc2S(=O)(=O)O)nc1. The lowest BCUT2D eigenvalue weighted by atomic mass is 10.1. The summed E-state index contributed by atoms with van der Waals surface area (Å²) >= 11 is 0. The fourth-order valence-corrected chi connectivity index (χ4v) is 4.39. The zero-order valence-electron chi connectivity index (χ0n) is 22.3. The van der Waals surface area contributed by atoms with Crippen molar-refractivity contribution >= 4 is 39.9 Å². The summed E-state index contributed by atoms with van der Waals surface area (Å²) < 4.78 is 32.3. The van der Waals surface area contributed by atoms with E-state index in [0.29, 0.717) is 25.8 Å². The first-order chi connectivity index (χ1) is 19.7. The van der Waals surface area contributed by atoms with E-state index in [-0.39, 0.29) is 40.1 Å². The second-order valence-electron chi connectivity index (χ2n) is 8.84. The van der Waals surface area contributed by atoms with Crippen LogP contribution in [0.15, 0.2) is 77.1 Å². The molecule has 0 radical (unpaired) electrons. The molecule has 2 heterocycles. The van der Waals surface area contributed by atoms with Crippen molar-refractivity contribution in [1.82, 2.24) is 25.9 Å². The van der Waals surface area contributed by atoms with E-state index in [1.807, 2.05) is 6.07 Å². The highest BCUT2D eigenvalue weighted by Gasteiger charge is 2.20. The van der Waals surface area contributed by atoms with Gasteiger partial charge < -0.3 is 16.0 Å². The van der Waals surface area contributed by atoms with Gasteiger partial charge in [0.1, 0.15) is 16.8 Å². The zero-order chi connectivity index (χ0) is 29.7. The Morgan fingerprint density at radius 3 is 2.54 bits per heavy atom. The molecule has 0 aliphatic heterocycles. The zero-order valence-corrected chi connectivity index (χ0v) is 23.1. The van der Waals surface area contributed by atoms with Gasteiger partial charge in [0.2, 0.25) is 11.8 Å². The number of aromatic nitrogens is 2. The van der Waals surface area contributed by atoms with E-state index in [0.717, 1.165) is 5.56 Å². The molecule has 41 heavy (non-hydrogen) atoms. The van der Waals surface area contributed by atoms with Crippen LogP contribution in [0.1, 0.15) is 40.7 Å². The van der Waals surface area contributed by atoms with Gasteiger partial charge in [-0.1, -0.05) is 24.3 Å². The van der Waals surface area contributed by atoms with Gasteiger partial charge in [-0.25, -0.2) is 4.98 Å². The summed E-state index contributed by atoms with van der Waals surface area (Å²) in [5.41, 5.74) is 3.83. The average Bonchev–Trinajstić information content (AvgIpc) is 2.96. The Hall–Kier alpha value is -4.69. The number of carbonyl (C=O) groups excluding carboxylic acids is 3. The molecule has 13 nitrogen and oxygen atoms in total. The first kappa shape index (κ1) is 30.8. The molecule has 0 saturated heterocycles. The van der Waals surface area contributed by atoms with Gasteiger partial charge in [0.25, 0.3) is 16.0 Å². The second kappa shape index (κ2) is 15.2. The molecular weight excluding hydrogens is 550 g/mol. The van der Waals surface area contributed by atoms with Crippen molar-refractivity contribution in [3.8, 4) is 0 Å². The Morgan fingerprint density at radius 1 is 1.05 bits per heavy atom. The number of pyridine rings is 2. The van der Waals surface area contributed by atoms with Crippen LogP contribution in [0.5, 0.6) is 0 Å². The summed E-state index contributed by atoms with van der Waals surface area (Å²) in [6, 6.07) is 11.6. The van der Waals surface area contributed by atoms with Gasteiger partial charge in [-0.05, 0) is 49.1 Å². The van der Waals surface area contributed by atoms with Crippen LogP contribution >= 0.6 is 0 Å². The molecule has 0 bridgehead atoms. The van der Waals surface area contributed by atoms with Crippen LogP contribution in [0.4, 0.5) is 5.82 Å². The summed E-state index contributed by atoms with van der Waals surface area (Å²) in [5, 5.41) is 12.0. The number of nitrogens with one attached hydrogen (secondary N) is 4. The number of benzene rings is 1. The predicted octanol–water partition coefficient (Wildman–Crippen LogP) is 1.54. The highest BCUT2D eigenvalue weighted by atomic mass is 32.2. The Kier molecular flexibility index (Phi) is 11.4. The second-order valence-corrected chi connectivity index (χ2v) is 10.2. The van der Waals surface area contributed by atoms with Crippen molar-refractivity contribution in [2.45, 2.75) is 36.6 Å². The minimum atomic E-state index is -4.41. The fraction of sp³-hybridized carbons (Fsp3) is 0.259. The number of hydrogen-bond acceptors (Lipinski definition) is 9. The molecule has 1 atom stereocenters. The largest absolute Gasteiger partial charge is 0.357 e. The average molecular weight is 582 g/mol. The molecule has 1 unspecified atom stereocenters. The standard InChI is InChI=1S/C27H31N7O6S/c1-28-27(37)22(9-4-5-14-30-25(35)15-19-7-6-13-29-16-19)33-26(36)21-11-12-24(31-17-21)34-32-18-20-8-2-3-10-23(20)41(38,39)40/h2-3,6-8,10-13,16-18,22H,4-5,9,14-15H2,1H3,(H,28,37)(H,30,35)(H,31,34)(H,33,36)(H,38,39,40). The lowest BCUT2D eigenvalue weighted by Gasteiger charge is -2.17. The van der Waals surface area contributed by atoms with E-state index in [4.69, 9.17) is 0 Å². The summed E-state index contributed by atoms with van der Waals surface area (Å²) in [5.74, 6) is -0.679. The van der Waals surface area contributed by atoms with Gasteiger partial charge in [0, 0.05) is 37.7 Å². The Labute approximate surface area is 237 Å². The van der Waals surface area contributed by atoms with Crippen LogP contribution in [0.3, 0.4) is 0 Å². The molecule has 5 N–H and O–H groups in total. The normalized spacial score (nSPS) is 12.0. The predicted molar refractivity (Wildman–Crippen MR) is 152 cm³/mol. The number of hydrogen-bond donors (Lipinski definition) is 5. The maximum absolute atomic E-state index is 12.7. The molecule has 1 aromatic carbocycles. The Balaban J connectivity index is 1.47. The van der Waals surface area contributed by atoms with E-state index in [9.17, 15) is 27.4 Å². The first-order valence-corrected chi connectivity index (χ1v) is 14.1. The lowest BCUT2D eigenvalue weighted by Crippen LogP contribution is -2.45. The van der Waals surface area contributed by atoms with Crippen LogP contribution in [0.25, 0.3) is 0 Å². The van der Waals surface area contributed by atoms with Gasteiger partial charge in [-0.3, -0.25) is 29.3 Å². The van der Waals surface area contributed by atoms with E-state index < -0.39 is 22.1 Å². The number of nitrogens with zero attached hydrogens (tertiary/aromatic N) is 3. The van der Waals surface area contributed by atoms with Crippen LogP contribution in [-0.2, 0) is 26.1 Å². The number of carbonyl (C=O) groups is 3. The van der Waals surface area contributed by atoms with Crippen LogP contribution in [0, 0.1) is 0 Å². The smallest absolute Gasteiger partial charge is 0.295 e. The molecule has 0 aliphatic carbocycles. The van der Waals surface area contributed by atoms with Crippen molar-refractivity contribution in [1.29, 1.82) is 0 Å². The molecule has 2 aromatic heterocycles. The molecule has 3 amide bonds. The van der Waals surface area contributed by atoms with Crippen LogP contribution < -0.4 is 21.4 Å². The highest BCUT2D eigenvalue weighted by Crippen LogP contribution is 2.13. The van der Waals surface area contributed by atoms with Crippen molar-refractivity contribution in [2.75, 3.05) is 19.0 Å². The molecule has 3 aromatic rings. The molecule has 0 fully saturated rings. The molecular formula is C27H31N7O6S. The van der Waals surface area contributed by atoms with Crippen LogP contribution in [0.2, 0.25) is 0 Å². The van der Waals surface area contributed by atoms with Crippen molar-refractivity contribution in [2.24, 2.45) is 5.10 Å². The number of anilines is 1. The Bertz CT molecular complexity index is 1460. The van der Waals surface area contributed by atoms with Gasteiger partial charge in [0.05, 0.1) is 18.2 Å². The van der Waals surface area contributed by atoms with Crippen LogP contribution in [-0.4, -0.2) is 66.5 Å². The molecule has 3 rings (SSSR count). The number of unbranched alkanes of at least 4 members (excludes halogenated alkanes) is 1. The van der Waals surface area contributed by atoms with E-state index in [2.05, 4.69) is 36.4 Å². The van der Waals surface area contributed by atoms with Gasteiger partial charge in [0.15, 0.2) is 0 Å². The lowest BCUT2D eigenvalue weighted by molar-refractivity contribution is -0.123. The summed E-state index contributed by atoms with van der Waals surface area (Å²) in [7, 11) is -2.93. The minimum absolute atomic E-state index is 0.117. The highest BCUT2D eigenvalue weighted by molar-refractivity contribution is 7.86. The number of amides is 3. The summed E-state index contributed by atoms with van der Waals surface area (Å²) in [4.78, 5) is 44.9. The molecule has 0 saturated carbocycles. The minimum Gasteiger partial charge on any atom is -0.357 e. The molecule has 0 spiro atoms. The molecule has 14 heteroatoms. The monoisotopic (exact) mass is 581 g/mol. The van der Waals surface area contributed by atoms with E-state index in [1.54, 1.807) is 24.5 Å². The first-order valence-electron chi connectivity index (χ1n) is 12.7. The third-order valence-corrected chi connectivity index (χ3v) is 6.73. The fourth-order valence-electron chi connectivity index (χ4n) is 3.72. The number of rotatable bonds is 14. The third kappa shape index (κ3) is 10.1. The summed E-state index contributed by atoms with van der Waals surface area (Å²) in [6.45, 7) is 0.440. The van der Waals surface area contributed by atoms with E-state index in [1.165, 1.54) is 49.8 Å². The Morgan fingerprint density at radius 2 is 1.85 bits per heavy atom.